The Hall–Kier alpha value is -0.643. The van der Waals surface area contributed by atoms with Gasteiger partial charge in [-0.3, -0.25) is 0 Å². The molecule has 0 aliphatic rings. The molecule has 0 radical (unpaired) electrons. The molecule has 1 aromatic rings. The molecule has 1 N–H and O–H groups in total. The van der Waals surface area contributed by atoms with Crippen molar-refractivity contribution < 1.29 is 4.53 Å². The lowest BCUT2D eigenvalue weighted by molar-refractivity contribution is 0.182. The van der Waals surface area contributed by atoms with Gasteiger partial charge in [0, 0.05) is 6.54 Å². The van der Waals surface area contributed by atoms with Gasteiger partial charge in [-0.25, -0.2) is 5.48 Å². The molecule has 0 aliphatic heterocycles. The fourth-order valence-electron chi connectivity index (χ4n) is 0.932. The van der Waals surface area contributed by atoms with Gasteiger partial charge in [-0.1, -0.05) is 30.3 Å². The Bertz CT molecular complexity index is 243. The van der Waals surface area contributed by atoms with E-state index in [1.165, 1.54) is 5.56 Å². The molecule has 0 saturated carbocycles. The Morgan fingerprint density at radius 1 is 1.15 bits per heavy atom. The van der Waals surface area contributed by atoms with E-state index in [-0.39, 0.29) is 0 Å². The molecule has 13 heavy (non-hydrogen) atoms. The molecule has 0 aromatic heterocycles. The molecule has 2 nitrogen and oxygen atoms in total. The number of benzene rings is 1. The normalized spacial score (nSPS) is 11.6. The van der Waals surface area contributed by atoms with Gasteiger partial charge in [-0.05, 0) is 25.2 Å². The summed E-state index contributed by atoms with van der Waals surface area (Å²) in [5.41, 5.74) is 4.25. The second-order valence-electron chi connectivity index (χ2n) is 4.02. The molecule has 0 atom stereocenters. The third-order valence-electron chi connectivity index (χ3n) is 1.50. The Balaban J connectivity index is 2.29. The number of nitrogens with one attached hydrogen (secondary N) is 1. The van der Waals surface area contributed by atoms with E-state index >= 15 is 0 Å². The molecule has 0 unspecified atom stereocenters. The third-order valence-corrected chi connectivity index (χ3v) is 2.25. The van der Waals surface area contributed by atoms with Gasteiger partial charge in [0.25, 0.3) is 0 Å². The molecular formula is C10H17NOSi. The van der Waals surface area contributed by atoms with E-state index in [0.29, 0.717) is 0 Å². The molecule has 1 rings (SSSR count). The quantitative estimate of drug-likeness (QED) is 0.589. The fourth-order valence-corrected chi connectivity index (χ4v) is 1.44. The molecule has 3 heteroatoms. The maximum Gasteiger partial charge on any atom is 0.211 e. The van der Waals surface area contributed by atoms with Gasteiger partial charge >= 0.3 is 0 Å². The molecule has 0 bridgehead atoms. The second kappa shape index (κ2) is 4.55. The van der Waals surface area contributed by atoms with E-state index in [0.717, 1.165) is 6.54 Å². The summed E-state index contributed by atoms with van der Waals surface area (Å²) in [6, 6.07) is 10.3. The minimum absolute atomic E-state index is 0.783. The topological polar surface area (TPSA) is 21.3 Å². The Kier molecular flexibility index (Phi) is 3.66. The summed E-state index contributed by atoms with van der Waals surface area (Å²) in [6.45, 7) is 7.26. The summed E-state index contributed by atoms with van der Waals surface area (Å²) in [6.07, 6.45) is 0. The predicted octanol–water partition coefficient (Wildman–Crippen LogP) is 2.54. The van der Waals surface area contributed by atoms with Crippen LogP contribution in [-0.4, -0.2) is 8.32 Å². The standard InChI is InChI=1S/C10H17NOSi/c1-13(2,3)12-11-9-10-7-5-4-6-8-10/h4-8,11H,9H2,1-3H3. The van der Waals surface area contributed by atoms with Crippen molar-refractivity contribution in [2.75, 3.05) is 0 Å². The van der Waals surface area contributed by atoms with Crippen molar-refractivity contribution in [3.63, 3.8) is 0 Å². The van der Waals surface area contributed by atoms with Gasteiger partial charge in [-0.15, -0.1) is 0 Å². The summed E-state index contributed by atoms with van der Waals surface area (Å²) >= 11 is 0. The number of hydrogen-bond donors (Lipinski definition) is 1. The van der Waals surface area contributed by atoms with Crippen LogP contribution >= 0.6 is 0 Å². The first-order valence-corrected chi connectivity index (χ1v) is 7.93. The molecule has 0 spiro atoms. The lowest BCUT2D eigenvalue weighted by Gasteiger charge is -2.17. The van der Waals surface area contributed by atoms with Crippen LogP contribution in [0.1, 0.15) is 5.56 Å². The largest absolute Gasteiger partial charge is 0.346 e. The van der Waals surface area contributed by atoms with Crippen molar-refractivity contribution in [1.82, 2.24) is 5.48 Å². The molecule has 72 valence electrons. The highest BCUT2D eigenvalue weighted by molar-refractivity contribution is 6.69. The highest BCUT2D eigenvalue weighted by atomic mass is 28.4. The van der Waals surface area contributed by atoms with Crippen LogP contribution in [0.5, 0.6) is 0 Å². The van der Waals surface area contributed by atoms with Crippen molar-refractivity contribution in [2.45, 2.75) is 26.2 Å². The first-order valence-electron chi connectivity index (χ1n) is 4.53. The highest BCUT2D eigenvalue weighted by Crippen LogP contribution is 2.01. The monoisotopic (exact) mass is 195 g/mol. The number of hydrogen-bond acceptors (Lipinski definition) is 2. The zero-order valence-corrected chi connectivity index (χ0v) is 9.50. The molecule has 0 aliphatic carbocycles. The van der Waals surface area contributed by atoms with E-state index in [9.17, 15) is 0 Å². The molecule has 1 aromatic carbocycles. The van der Waals surface area contributed by atoms with Crippen LogP contribution < -0.4 is 5.48 Å². The summed E-state index contributed by atoms with van der Waals surface area (Å²) in [5, 5.41) is 0. The number of rotatable bonds is 4. The molecule has 0 amide bonds. The molecule has 0 heterocycles. The Morgan fingerprint density at radius 3 is 2.31 bits per heavy atom. The predicted molar refractivity (Wildman–Crippen MR) is 57.7 cm³/mol. The SMILES string of the molecule is C[Si](C)(C)ONCc1ccccc1. The van der Waals surface area contributed by atoms with Crippen LogP contribution in [0.15, 0.2) is 30.3 Å². The number of hydroxylamine groups is 1. The maximum atomic E-state index is 5.52. The maximum absolute atomic E-state index is 5.52. The lowest BCUT2D eigenvalue weighted by atomic mass is 10.2. The van der Waals surface area contributed by atoms with Crippen molar-refractivity contribution >= 4 is 8.32 Å². The Labute approximate surface area is 81.0 Å². The average molecular weight is 195 g/mol. The van der Waals surface area contributed by atoms with Crippen LogP contribution in [0.3, 0.4) is 0 Å². The third kappa shape index (κ3) is 4.82. The molecular weight excluding hydrogens is 178 g/mol. The van der Waals surface area contributed by atoms with Gasteiger partial charge in [0.2, 0.25) is 8.32 Å². The zero-order chi connectivity index (χ0) is 9.73. The molecule has 0 saturated heterocycles. The van der Waals surface area contributed by atoms with Crippen molar-refractivity contribution in [3.05, 3.63) is 35.9 Å². The van der Waals surface area contributed by atoms with Gasteiger partial charge in [0.15, 0.2) is 0 Å². The molecule has 0 fully saturated rings. The lowest BCUT2D eigenvalue weighted by Crippen LogP contribution is -2.33. The van der Waals surface area contributed by atoms with Crippen LogP contribution in [0.4, 0.5) is 0 Å². The van der Waals surface area contributed by atoms with Gasteiger partial charge < -0.3 is 4.53 Å². The minimum atomic E-state index is -1.42. The van der Waals surface area contributed by atoms with E-state index in [1.54, 1.807) is 0 Å². The minimum Gasteiger partial charge on any atom is -0.346 e. The van der Waals surface area contributed by atoms with E-state index in [1.807, 2.05) is 18.2 Å². The van der Waals surface area contributed by atoms with Crippen LogP contribution in [-0.2, 0) is 11.1 Å². The Morgan fingerprint density at radius 2 is 1.77 bits per heavy atom. The second-order valence-corrected chi connectivity index (χ2v) is 8.45. The van der Waals surface area contributed by atoms with E-state index in [4.69, 9.17) is 4.53 Å². The summed E-state index contributed by atoms with van der Waals surface area (Å²) < 4.78 is 5.52. The van der Waals surface area contributed by atoms with Crippen LogP contribution in [0, 0.1) is 0 Å². The van der Waals surface area contributed by atoms with Gasteiger partial charge in [-0.2, -0.15) is 0 Å². The van der Waals surface area contributed by atoms with Crippen molar-refractivity contribution in [2.24, 2.45) is 0 Å². The smallest absolute Gasteiger partial charge is 0.211 e. The summed E-state index contributed by atoms with van der Waals surface area (Å²) in [4.78, 5) is 0. The fraction of sp³-hybridized carbons (Fsp3) is 0.400. The first kappa shape index (κ1) is 10.4. The first-order chi connectivity index (χ1) is 6.08. The van der Waals surface area contributed by atoms with Crippen LogP contribution in [0.25, 0.3) is 0 Å². The van der Waals surface area contributed by atoms with Crippen LogP contribution in [0.2, 0.25) is 19.6 Å². The van der Waals surface area contributed by atoms with Gasteiger partial charge in [0.05, 0.1) is 0 Å². The van der Waals surface area contributed by atoms with Gasteiger partial charge in [0.1, 0.15) is 0 Å². The van der Waals surface area contributed by atoms with Crippen molar-refractivity contribution in [1.29, 1.82) is 0 Å². The van der Waals surface area contributed by atoms with E-state index in [2.05, 4.69) is 37.3 Å². The summed E-state index contributed by atoms with van der Waals surface area (Å²) in [7, 11) is -1.42. The highest BCUT2D eigenvalue weighted by Gasteiger charge is 2.13. The zero-order valence-electron chi connectivity index (χ0n) is 8.50. The van der Waals surface area contributed by atoms with E-state index < -0.39 is 8.32 Å². The average Bonchev–Trinajstić information content (AvgIpc) is 2.04. The van der Waals surface area contributed by atoms with Crippen molar-refractivity contribution in [3.8, 4) is 0 Å². The summed E-state index contributed by atoms with van der Waals surface area (Å²) in [5.74, 6) is 0.